The number of benzene rings is 6. The normalized spacial score (nSPS) is 19.4. The first kappa shape index (κ1) is 29.8. The maximum atomic E-state index is 3.73. The summed E-state index contributed by atoms with van der Waals surface area (Å²) in [6.45, 7) is 4.79. The highest BCUT2D eigenvalue weighted by Crippen LogP contribution is 2.55. The minimum atomic E-state index is -0.167. The van der Waals surface area contributed by atoms with Crippen LogP contribution in [0.1, 0.15) is 30.5 Å². The number of rotatable bonds is 4. The molecule has 2 aliphatic heterocycles. The van der Waals surface area contributed by atoms with Crippen LogP contribution in [0.3, 0.4) is 0 Å². The molecule has 2 heteroatoms. The summed E-state index contributed by atoms with van der Waals surface area (Å²) in [6, 6.07) is 43.1. The van der Waals surface area contributed by atoms with Crippen molar-refractivity contribution in [1.82, 2.24) is 10.6 Å². The van der Waals surface area contributed by atoms with Gasteiger partial charge in [0.25, 0.3) is 0 Å². The second kappa shape index (κ2) is 11.5. The zero-order valence-electron chi connectivity index (χ0n) is 28.8. The Morgan fingerprint density at radius 1 is 0.490 bits per heavy atom. The van der Waals surface area contributed by atoms with E-state index in [0.29, 0.717) is 0 Å². The molecule has 0 aromatic heterocycles. The van der Waals surface area contributed by atoms with E-state index in [0.717, 1.165) is 0 Å². The van der Waals surface area contributed by atoms with Crippen LogP contribution in [0.4, 0.5) is 0 Å². The summed E-state index contributed by atoms with van der Waals surface area (Å²) in [5.74, 6) is 0. The van der Waals surface area contributed by atoms with E-state index in [1.54, 1.807) is 0 Å². The number of hydrogen-bond acceptors (Lipinski definition) is 2. The van der Waals surface area contributed by atoms with E-state index in [9.17, 15) is 0 Å². The van der Waals surface area contributed by atoms with Crippen molar-refractivity contribution in [2.24, 2.45) is 0 Å². The van der Waals surface area contributed by atoms with Crippen LogP contribution in [0, 0.1) is 0 Å². The zero-order valence-corrected chi connectivity index (χ0v) is 28.8. The summed E-state index contributed by atoms with van der Waals surface area (Å²) in [7, 11) is 0. The fourth-order valence-electron chi connectivity index (χ4n) is 8.83. The summed E-state index contributed by atoms with van der Waals surface area (Å²) < 4.78 is 0. The van der Waals surface area contributed by atoms with Crippen LogP contribution in [0.25, 0.3) is 60.5 Å². The summed E-state index contributed by atoms with van der Waals surface area (Å²) >= 11 is 0. The molecule has 0 amide bonds. The lowest BCUT2D eigenvalue weighted by Crippen LogP contribution is -2.33. The number of dihydropyridines is 2. The molecule has 0 spiro atoms. The molecule has 2 aliphatic carbocycles. The van der Waals surface area contributed by atoms with E-state index in [1.807, 2.05) is 0 Å². The standard InChI is InChI=1S/C49H38N2/c1-49(2)42-22-13-21-36(34-24-25-45(50-29-34)35-26-33-18-9-12-23-44(33)51-30-35)48(42)41-27-39-40(28-43(41)49)47(32-16-7-4-8-17-32)38-20-11-10-19-37(38)46(39)31-14-5-3-6-15-31/h3-30,44-45,50-51H,1-2H3. The Hall–Kier alpha value is -6.12. The average molecular weight is 655 g/mol. The van der Waals surface area contributed by atoms with Crippen LogP contribution >= 0.6 is 0 Å². The molecule has 0 bridgehead atoms. The topological polar surface area (TPSA) is 24.1 Å². The largest absolute Gasteiger partial charge is 0.380 e. The van der Waals surface area contributed by atoms with Gasteiger partial charge < -0.3 is 10.6 Å². The zero-order chi connectivity index (χ0) is 34.1. The molecule has 2 atom stereocenters. The van der Waals surface area contributed by atoms with Crippen molar-refractivity contribution in [3.63, 3.8) is 0 Å². The Labute approximate surface area is 299 Å². The Kier molecular flexibility index (Phi) is 6.69. The maximum Gasteiger partial charge on any atom is 0.0710 e. The molecule has 2 heterocycles. The second-order valence-electron chi connectivity index (χ2n) is 14.6. The van der Waals surface area contributed by atoms with Gasteiger partial charge in [-0.3, -0.25) is 0 Å². The van der Waals surface area contributed by atoms with E-state index in [2.05, 4.69) is 195 Å². The van der Waals surface area contributed by atoms with Crippen molar-refractivity contribution in [3.8, 4) is 33.4 Å². The van der Waals surface area contributed by atoms with Gasteiger partial charge in [0.05, 0.1) is 12.1 Å². The van der Waals surface area contributed by atoms with Gasteiger partial charge >= 0.3 is 0 Å². The number of hydrogen-bond donors (Lipinski definition) is 2. The third-order valence-electron chi connectivity index (χ3n) is 11.3. The van der Waals surface area contributed by atoms with Crippen molar-refractivity contribution in [1.29, 1.82) is 0 Å². The lowest BCUT2D eigenvalue weighted by Gasteiger charge is -2.27. The first-order valence-electron chi connectivity index (χ1n) is 18.0. The predicted molar refractivity (Wildman–Crippen MR) is 215 cm³/mol. The minimum absolute atomic E-state index is 0.108. The van der Waals surface area contributed by atoms with Gasteiger partial charge in [0.15, 0.2) is 0 Å². The number of nitrogens with one attached hydrogen (secondary N) is 2. The second-order valence-corrected chi connectivity index (χ2v) is 14.6. The molecule has 2 unspecified atom stereocenters. The SMILES string of the molecule is CC1(C)c2cc3c(-c4ccccc4)c4ccccc4c(-c4ccccc4)c3cc2-c2c(C3=CNC(C4=CNC5C=CC=CC5=C4)C=C3)cccc21. The molecule has 51 heavy (non-hydrogen) atoms. The molecule has 0 saturated heterocycles. The van der Waals surface area contributed by atoms with Gasteiger partial charge in [-0.15, -0.1) is 0 Å². The van der Waals surface area contributed by atoms with Gasteiger partial charge in [0.1, 0.15) is 0 Å². The van der Waals surface area contributed by atoms with Gasteiger partial charge in [-0.2, -0.15) is 0 Å². The van der Waals surface area contributed by atoms with E-state index in [4.69, 9.17) is 0 Å². The Morgan fingerprint density at radius 2 is 1.14 bits per heavy atom. The third kappa shape index (κ3) is 4.63. The number of fused-ring (bicyclic) bond motifs is 6. The highest BCUT2D eigenvalue weighted by atomic mass is 14.9. The lowest BCUT2D eigenvalue weighted by atomic mass is 9.79. The highest BCUT2D eigenvalue weighted by molar-refractivity contribution is 6.22. The van der Waals surface area contributed by atoms with Crippen LogP contribution in [0.15, 0.2) is 181 Å². The molecular weight excluding hydrogens is 617 g/mol. The van der Waals surface area contributed by atoms with Crippen LogP contribution in [0.2, 0.25) is 0 Å². The Morgan fingerprint density at radius 3 is 1.82 bits per heavy atom. The van der Waals surface area contributed by atoms with Crippen molar-refractivity contribution in [3.05, 3.63) is 198 Å². The van der Waals surface area contributed by atoms with Gasteiger partial charge in [-0.05, 0) is 107 Å². The van der Waals surface area contributed by atoms with E-state index < -0.39 is 0 Å². The fourth-order valence-corrected chi connectivity index (χ4v) is 8.83. The van der Waals surface area contributed by atoms with Gasteiger partial charge in [-0.1, -0.05) is 153 Å². The first-order chi connectivity index (χ1) is 25.1. The highest BCUT2D eigenvalue weighted by Gasteiger charge is 2.38. The average Bonchev–Trinajstić information content (AvgIpc) is 3.41. The quantitative estimate of drug-likeness (QED) is 0.185. The van der Waals surface area contributed by atoms with Gasteiger partial charge in [0.2, 0.25) is 0 Å². The minimum Gasteiger partial charge on any atom is -0.380 e. The summed E-state index contributed by atoms with van der Waals surface area (Å²) in [5, 5.41) is 12.4. The fraction of sp³-hybridized carbons (Fsp3) is 0.102. The third-order valence-corrected chi connectivity index (χ3v) is 11.3. The monoisotopic (exact) mass is 654 g/mol. The maximum absolute atomic E-state index is 3.73. The smallest absolute Gasteiger partial charge is 0.0710 e. The molecule has 10 rings (SSSR count). The molecule has 6 aromatic carbocycles. The molecule has 0 saturated carbocycles. The summed E-state index contributed by atoms with van der Waals surface area (Å²) in [4.78, 5) is 0. The van der Waals surface area contributed by atoms with Crippen molar-refractivity contribution in [2.75, 3.05) is 0 Å². The van der Waals surface area contributed by atoms with Crippen LogP contribution < -0.4 is 10.6 Å². The van der Waals surface area contributed by atoms with Crippen molar-refractivity contribution in [2.45, 2.75) is 31.3 Å². The molecule has 0 fully saturated rings. The van der Waals surface area contributed by atoms with Crippen molar-refractivity contribution >= 4 is 27.1 Å². The Balaban J connectivity index is 1.17. The van der Waals surface area contributed by atoms with E-state index >= 15 is 0 Å². The van der Waals surface area contributed by atoms with E-state index in [1.165, 1.54) is 88.3 Å². The van der Waals surface area contributed by atoms with Gasteiger partial charge in [0, 0.05) is 17.8 Å². The van der Waals surface area contributed by atoms with Crippen LogP contribution in [-0.2, 0) is 5.41 Å². The van der Waals surface area contributed by atoms with Gasteiger partial charge in [-0.25, -0.2) is 0 Å². The Bertz CT molecular complexity index is 2590. The van der Waals surface area contributed by atoms with Crippen LogP contribution in [0.5, 0.6) is 0 Å². The summed E-state index contributed by atoms with van der Waals surface area (Å²) in [5.41, 5.74) is 15.3. The van der Waals surface area contributed by atoms with Crippen LogP contribution in [-0.4, -0.2) is 12.1 Å². The van der Waals surface area contributed by atoms with Crippen molar-refractivity contribution < 1.29 is 0 Å². The molecule has 4 aliphatic rings. The predicted octanol–water partition coefficient (Wildman–Crippen LogP) is 11.4. The van der Waals surface area contributed by atoms with E-state index in [-0.39, 0.29) is 17.5 Å². The number of allylic oxidation sites excluding steroid dienone is 4. The lowest BCUT2D eigenvalue weighted by molar-refractivity contribution is 0.661. The molecule has 2 nitrogen and oxygen atoms in total. The summed E-state index contributed by atoms with van der Waals surface area (Å²) in [6.07, 6.45) is 19.9. The first-order valence-corrected chi connectivity index (χ1v) is 18.0. The molecule has 6 aromatic rings. The molecular formula is C49H38N2. The molecule has 2 N–H and O–H groups in total. The molecule has 0 radical (unpaired) electrons. The molecule has 244 valence electrons.